The number of hydrogen-bond acceptors (Lipinski definition) is 6. The molecule has 0 aliphatic carbocycles. The van der Waals surface area contributed by atoms with E-state index in [1.807, 2.05) is 0 Å². The molecule has 0 aliphatic heterocycles. The Morgan fingerprint density at radius 1 is 1.40 bits per heavy atom. The molecule has 0 bridgehead atoms. The van der Waals surface area contributed by atoms with Gasteiger partial charge in [-0.1, -0.05) is 19.1 Å². The summed E-state index contributed by atoms with van der Waals surface area (Å²) in [6.07, 6.45) is 0. The van der Waals surface area contributed by atoms with Crippen molar-refractivity contribution in [3.8, 4) is 0 Å². The van der Waals surface area contributed by atoms with Crippen LogP contribution in [-0.2, 0) is 9.84 Å². The second kappa shape index (κ2) is 5.63. The Labute approximate surface area is 118 Å². The second-order valence-electron chi connectivity index (χ2n) is 3.72. The van der Waals surface area contributed by atoms with E-state index in [0.29, 0.717) is 0 Å². The highest BCUT2D eigenvalue weighted by Gasteiger charge is 2.19. The minimum atomic E-state index is -3.52. The van der Waals surface area contributed by atoms with Gasteiger partial charge in [0.05, 0.1) is 11.3 Å². The predicted octanol–water partition coefficient (Wildman–Crippen LogP) is 1.72. The molecule has 0 unspecified atom stereocenters. The van der Waals surface area contributed by atoms with E-state index >= 15 is 0 Å². The van der Waals surface area contributed by atoms with Gasteiger partial charge in [-0.25, -0.2) is 12.8 Å². The maximum Gasteiger partial charge on any atom is 0.260 e. The molecule has 106 valence electrons. The normalized spacial score (nSPS) is 11.3. The fourth-order valence-electron chi connectivity index (χ4n) is 1.33. The van der Waals surface area contributed by atoms with E-state index in [1.165, 1.54) is 25.1 Å². The molecule has 0 spiro atoms. The standard InChI is InChI=1S/C11H10FN3O3S2/c1-2-20(17,18)11-14-10(19-15-11)13-9(16)7-5-3-4-6-8(7)12/h3-6H,2H2,1H3,(H,13,14,15,16). The Bertz CT molecular complexity index is 743. The zero-order valence-electron chi connectivity index (χ0n) is 10.3. The van der Waals surface area contributed by atoms with Crippen LogP contribution >= 0.6 is 11.5 Å². The number of halogens is 1. The van der Waals surface area contributed by atoms with Crippen molar-refractivity contribution in [2.45, 2.75) is 12.1 Å². The van der Waals surface area contributed by atoms with Gasteiger partial charge in [0.2, 0.25) is 15.0 Å². The Balaban J connectivity index is 2.20. The smallest absolute Gasteiger partial charge is 0.260 e. The van der Waals surface area contributed by atoms with Crippen molar-refractivity contribution in [1.82, 2.24) is 9.36 Å². The zero-order chi connectivity index (χ0) is 14.8. The number of nitrogens with zero attached hydrogens (tertiary/aromatic N) is 2. The minimum absolute atomic E-state index is 0.00489. The fraction of sp³-hybridized carbons (Fsp3) is 0.182. The second-order valence-corrected chi connectivity index (χ2v) is 6.64. The summed E-state index contributed by atoms with van der Waals surface area (Å²) in [5, 5.41) is 1.98. The lowest BCUT2D eigenvalue weighted by atomic mass is 10.2. The summed E-state index contributed by atoms with van der Waals surface area (Å²) in [5.41, 5.74) is -0.150. The number of amides is 1. The molecule has 6 nitrogen and oxygen atoms in total. The van der Waals surface area contributed by atoms with Gasteiger partial charge in [0.15, 0.2) is 0 Å². The summed E-state index contributed by atoms with van der Waals surface area (Å²) >= 11 is 0.726. The predicted molar refractivity (Wildman–Crippen MR) is 72.0 cm³/mol. The quantitative estimate of drug-likeness (QED) is 0.928. The molecular weight excluding hydrogens is 305 g/mol. The summed E-state index contributed by atoms with van der Waals surface area (Å²) in [7, 11) is -3.52. The molecule has 9 heteroatoms. The van der Waals surface area contributed by atoms with Crippen LogP contribution in [0.3, 0.4) is 0 Å². The van der Waals surface area contributed by atoms with Gasteiger partial charge in [-0.05, 0) is 12.1 Å². The summed E-state index contributed by atoms with van der Waals surface area (Å²) in [4.78, 5) is 15.5. The van der Waals surface area contributed by atoms with Crippen molar-refractivity contribution in [1.29, 1.82) is 0 Å². The summed E-state index contributed by atoms with van der Waals surface area (Å²) in [6.45, 7) is 1.47. The van der Waals surface area contributed by atoms with Crippen LogP contribution in [-0.4, -0.2) is 29.4 Å². The number of carbonyl (C=O) groups excluding carboxylic acids is 1. The van der Waals surface area contributed by atoms with Crippen molar-refractivity contribution in [2.24, 2.45) is 0 Å². The molecule has 20 heavy (non-hydrogen) atoms. The molecule has 1 heterocycles. The lowest BCUT2D eigenvalue weighted by Gasteiger charge is -2.01. The van der Waals surface area contributed by atoms with Crippen LogP contribution in [0.1, 0.15) is 17.3 Å². The van der Waals surface area contributed by atoms with Gasteiger partial charge in [-0.2, -0.15) is 9.36 Å². The Morgan fingerprint density at radius 3 is 2.75 bits per heavy atom. The number of carbonyl (C=O) groups is 1. The van der Waals surface area contributed by atoms with Crippen LogP contribution in [0.5, 0.6) is 0 Å². The first-order valence-electron chi connectivity index (χ1n) is 5.56. The third-order valence-corrected chi connectivity index (χ3v) is 4.65. The molecule has 0 atom stereocenters. The van der Waals surface area contributed by atoms with E-state index in [9.17, 15) is 17.6 Å². The van der Waals surface area contributed by atoms with E-state index in [0.717, 1.165) is 17.6 Å². The highest BCUT2D eigenvalue weighted by molar-refractivity contribution is 7.91. The van der Waals surface area contributed by atoms with Crippen molar-refractivity contribution >= 4 is 32.4 Å². The van der Waals surface area contributed by atoms with Crippen LogP contribution in [0, 0.1) is 5.82 Å². The van der Waals surface area contributed by atoms with E-state index in [2.05, 4.69) is 14.7 Å². The topological polar surface area (TPSA) is 89.0 Å². The highest BCUT2D eigenvalue weighted by atomic mass is 32.2. The molecule has 0 aliphatic rings. The lowest BCUT2D eigenvalue weighted by molar-refractivity contribution is 0.102. The van der Waals surface area contributed by atoms with E-state index in [4.69, 9.17) is 0 Å². The van der Waals surface area contributed by atoms with Crippen molar-refractivity contribution in [3.05, 3.63) is 35.6 Å². The summed E-state index contributed by atoms with van der Waals surface area (Å²) in [5.74, 6) is -1.51. The lowest BCUT2D eigenvalue weighted by Crippen LogP contribution is -2.14. The van der Waals surface area contributed by atoms with E-state index in [-0.39, 0.29) is 21.6 Å². The van der Waals surface area contributed by atoms with Gasteiger partial charge in [0.1, 0.15) is 5.82 Å². The molecule has 2 rings (SSSR count). The zero-order valence-corrected chi connectivity index (χ0v) is 12.0. The van der Waals surface area contributed by atoms with Gasteiger partial charge in [-0.15, -0.1) is 0 Å². The summed E-state index contributed by atoms with van der Waals surface area (Å²) in [6, 6.07) is 5.45. The van der Waals surface area contributed by atoms with Crippen LogP contribution in [0.15, 0.2) is 29.4 Å². The molecule has 2 aromatic rings. The molecule has 1 aromatic carbocycles. The number of sulfone groups is 1. The average molecular weight is 315 g/mol. The van der Waals surface area contributed by atoms with Crippen molar-refractivity contribution in [2.75, 3.05) is 11.1 Å². The molecule has 0 fully saturated rings. The first-order chi connectivity index (χ1) is 9.44. The number of hydrogen-bond donors (Lipinski definition) is 1. The van der Waals surface area contributed by atoms with Gasteiger partial charge in [0.25, 0.3) is 11.1 Å². The number of rotatable bonds is 4. The molecular formula is C11H10FN3O3S2. The molecule has 1 N–H and O–H groups in total. The maximum atomic E-state index is 13.4. The SMILES string of the molecule is CCS(=O)(=O)c1nsc(NC(=O)c2ccccc2F)n1. The molecule has 0 radical (unpaired) electrons. The highest BCUT2D eigenvalue weighted by Crippen LogP contribution is 2.17. The fourth-order valence-corrected chi connectivity index (χ4v) is 2.91. The molecule has 0 saturated carbocycles. The third kappa shape index (κ3) is 2.99. The van der Waals surface area contributed by atoms with Crippen molar-refractivity contribution < 1.29 is 17.6 Å². The van der Waals surface area contributed by atoms with Gasteiger partial charge in [0, 0.05) is 11.5 Å². The average Bonchev–Trinajstić information content (AvgIpc) is 2.88. The number of benzene rings is 1. The maximum absolute atomic E-state index is 13.4. The first-order valence-corrected chi connectivity index (χ1v) is 7.99. The Morgan fingerprint density at radius 2 is 2.10 bits per heavy atom. The largest absolute Gasteiger partial charge is 0.296 e. The molecule has 1 aromatic heterocycles. The van der Waals surface area contributed by atoms with E-state index in [1.54, 1.807) is 0 Å². The van der Waals surface area contributed by atoms with Crippen LogP contribution < -0.4 is 5.32 Å². The monoisotopic (exact) mass is 315 g/mol. The van der Waals surface area contributed by atoms with Crippen LogP contribution in [0.4, 0.5) is 9.52 Å². The van der Waals surface area contributed by atoms with Gasteiger partial charge >= 0.3 is 0 Å². The first kappa shape index (κ1) is 14.5. The van der Waals surface area contributed by atoms with Crippen LogP contribution in [0.2, 0.25) is 0 Å². The molecule has 0 saturated heterocycles. The number of nitrogens with one attached hydrogen (secondary N) is 1. The van der Waals surface area contributed by atoms with Crippen LogP contribution in [0.25, 0.3) is 0 Å². The Kier molecular flexibility index (Phi) is 4.09. The Hall–Kier alpha value is -1.87. The summed E-state index contributed by atoms with van der Waals surface area (Å²) < 4.78 is 40.1. The molecule has 1 amide bonds. The van der Waals surface area contributed by atoms with Crippen molar-refractivity contribution in [3.63, 3.8) is 0 Å². The van der Waals surface area contributed by atoms with Gasteiger partial charge in [-0.3, -0.25) is 10.1 Å². The minimum Gasteiger partial charge on any atom is -0.296 e. The third-order valence-electron chi connectivity index (χ3n) is 2.40. The van der Waals surface area contributed by atoms with Gasteiger partial charge < -0.3 is 0 Å². The number of anilines is 1. The van der Waals surface area contributed by atoms with E-state index < -0.39 is 21.6 Å². The number of aromatic nitrogens is 2.